The Morgan fingerprint density at radius 2 is 2.10 bits per heavy atom. The third kappa shape index (κ3) is 3.80. The van der Waals surface area contributed by atoms with Crippen LogP contribution in [0.2, 0.25) is 5.02 Å². The van der Waals surface area contributed by atoms with E-state index in [4.69, 9.17) is 17.1 Å². The van der Waals surface area contributed by atoms with Crippen molar-refractivity contribution in [1.82, 2.24) is 4.90 Å². The van der Waals surface area contributed by atoms with Crippen LogP contribution in [-0.4, -0.2) is 37.0 Å². The molecule has 112 valence electrons. The number of halogens is 1. The van der Waals surface area contributed by atoms with Crippen molar-refractivity contribution in [1.29, 1.82) is 0 Å². The maximum absolute atomic E-state index is 11.9. The van der Waals surface area contributed by atoms with E-state index in [2.05, 4.69) is 14.9 Å². The van der Waals surface area contributed by atoms with Gasteiger partial charge in [0.05, 0.1) is 10.7 Å². The summed E-state index contributed by atoms with van der Waals surface area (Å²) >= 11 is 6.24. The van der Waals surface area contributed by atoms with E-state index in [-0.39, 0.29) is 5.91 Å². The van der Waals surface area contributed by atoms with Crippen LogP contribution in [-0.2, 0) is 4.79 Å². The minimum Gasteiger partial charge on any atom is -0.367 e. The molecule has 1 aliphatic heterocycles. The molecule has 6 nitrogen and oxygen atoms in total. The molecule has 0 saturated carbocycles. The van der Waals surface area contributed by atoms with Crippen LogP contribution in [0.5, 0.6) is 0 Å². The first kappa shape index (κ1) is 15.5. The lowest BCUT2D eigenvalue weighted by Crippen LogP contribution is -2.48. The number of anilines is 1. The van der Waals surface area contributed by atoms with Crippen LogP contribution in [0.3, 0.4) is 0 Å². The van der Waals surface area contributed by atoms with Gasteiger partial charge < -0.3 is 9.80 Å². The molecule has 0 N–H and O–H groups in total. The molecule has 1 saturated heterocycles. The van der Waals surface area contributed by atoms with E-state index in [1.165, 1.54) is 0 Å². The van der Waals surface area contributed by atoms with Crippen molar-refractivity contribution < 1.29 is 4.79 Å². The number of azide groups is 1. The second-order valence-electron chi connectivity index (χ2n) is 4.94. The van der Waals surface area contributed by atoms with Gasteiger partial charge in [-0.3, -0.25) is 4.79 Å². The third-order valence-corrected chi connectivity index (χ3v) is 3.83. The maximum atomic E-state index is 11.9. The average molecular weight is 308 g/mol. The van der Waals surface area contributed by atoms with Crippen LogP contribution < -0.4 is 4.90 Å². The van der Waals surface area contributed by atoms with Crippen LogP contribution in [0.25, 0.3) is 10.4 Å². The van der Waals surface area contributed by atoms with Crippen molar-refractivity contribution in [2.24, 2.45) is 5.11 Å². The summed E-state index contributed by atoms with van der Waals surface area (Å²) in [4.78, 5) is 18.7. The zero-order valence-electron chi connectivity index (χ0n) is 12.0. The third-order valence-electron chi connectivity index (χ3n) is 3.53. The van der Waals surface area contributed by atoms with E-state index >= 15 is 0 Å². The molecule has 0 unspecified atom stereocenters. The normalized spacial score (nSPS) is 14.8. The number of hydrogen-bond donors (Lipinski definition) is 0. The smallest absolute Gasteiger partial charge is 0.222 e. The van der Waals surface area contributed by atoms with Gasteiger partial charge in [0, 0.05) is 43.2 Å². The Morgan fingerprint density at radius 1 is 1.38 bits per heavy atom. The number of carbonyl (C=O) groups is 1. The van der Waals surface area contributed by atoms with Crippen molar-refractivity contribution in [3.63, 3.8) is 0 Å². The molecule has 0 atom stereocenters. The van der Waals surface area contributed by atoms with E-state index in [9.17, 15) is 4.79 Å². The Balaban J connectivity index is 2.02. The monoisotopic (exact) mass is 307 g/mol. The number of rotatable bonds is 4. The summed E-state index contributed by atoms with van der Waals surface area (Å²) in [6, 6.07) is 5.26. The van der Waals surface area contributed by atoms with Gasteiger partial charge in [0.25, 0.3) is 0 Å². The number of carbonyl (C=O) groups excluding carboxylic acids is 1. The highest BCUT2D eigenvalue weighted by Gasteiger charge is 2.21. The van der Waals surface area contributed by atoms with Crippen LogP contribution >= 0.6 is 11.6 Å². The predicted octanol–water partition coefficient (Wildman–Crippen LogP) is 3.73. The summed E-state index contributed by atoms with van der Waals surface area (Å²) in [7, 11) is 0. The summed E-state index contributed by atoms with van der Waals surface area (Å²) in [5.74, 6) is 0.224. The number of piperazine rings is 1. The predicted molar refractivity (Wildman–Crippen MR) is 84.0 cm³/mol. The highest BCUT2D eigenvalue weighted by Crippen LogP contribution is 2.30. The maximum Gasteiger partial charge on any atom is 0.222 e. The van der Waals surface area contributed by atoms with E-state index in [0.29, 0.717) is 30.2 Å². The van der Waals surface area contributed by atoms with Gasteiger partial charge in [-0.05, 0) is 24.1 Å². The Morgan fingerprint density at radius 3 is 2.67 bits per heavy atom. The fourth-order valence-electron chi connectivity index (χ4n) is 2.43. The summed E-state index contributed by atoms with van der Waals surface area (Å²) < 4.78 is 0. The molecule has 0 bridgehead atoms. The summed E-state index contributed by atoms with van der Waals surface area (Å²) in [5, 5.41) is 4.10. The fourth-order valence-corrected chi connectivity index (χ4v) is 2.73. The molecular formula is C14H18ClN5O. The quantitative estimate of drug-likeness (QED) is 0.483. The Kier molecular flexibility index (Phi) is 5.31. The lowest BCUT2D eigenvalue weighted by Gasteiger charge is -2.36. The molecule has 7 heteroatoms. The molecule has 0 aliphatic carbocycles. The number of hydrogen-bond acceptors (Lipinski definition) is 3. The highest BCUT2D eigenvalue weighted by atomic mass is 35.5. The van der Waals surface area contributed by atoms with Crippen molar-refractivity contribution >= 4 is 28.9 Å². The molecule has 0 aromatic heterocycles. The van der Waals surface area contributed by atoms with Crippen LogP contribution in [0.4, 0.5) is 11.4 Å². The van der Waals surface area contributed by atoms with Gasteiger partial charge in [0.15, 0.2) is 0 Å². The first-order chi connectivity index (χ1) is 10.2. The van der Waals surface area contributed by atoms with Gasteiger partial charge >= 0.3 is 0 Å². The van der Waals surface area contributed by atoms with Crippen molar-refractivity contribution in [2.45, 2.75) is 19.8 Å². The van der Waals surface area contributed by atoms with Crippen LogP contribution in [0.15, 0.2) is 23.3 Å². The molecule has 1 heterocycles. The topological polar surface area (TPSA) is 72.3 Å². The molecule has 2 rings (SSSR count). The highest BCUT2D eigenvalue weighted by molar-refractivity contribution is 6.33. The standard InChI is InChI=1S/C14H18ClN5O/c1-2-3-14(21)20-8-6-19(7-9-20)13-5-4-11(17-18-16)10-12(13)15/h4-5,10H,2-3,6-9H2,1H3. The molecule has 1 aromatic carbocycles. The molecule has 1 aliphatic rings. The Hall–Kier alpha value is -1.91. The van der Waals surface area contributed by atoms with Gasteiger partial charge in [-0.1, -0.05) is 29.7 Å². The largest absolute Gasteiger partial charge is 0.367 e. The van der Waals surface area contributed by atoms with Gasteiger partial charge in [0.2, 0.25) is 5.91 Å². The lowest BCUT2D eigenvalue weighted by molar-refractivity contribution is -0.131. The van der Waals surface area contributed by atoms with E-state index in [1.54, 1.807) is 12.1 Å². The first-order valence-electron chi connectivity index (χ1n) is 7.03. The van der Waals surface area contributed by atoms with E-state index in [0.717, 1.165) is 25.2 Å². The Bertz CT molecular complexity index is 562. The minimum atomic E-state index is 0.224. The summed E-state index contributed by atoms with van der Waals surface area (Å²) in [5.41, 5.74) is 9.84. The SMILES string of the molecule is CCCC(=O)N1CCN(c2ccc(N=[N+]=[N-])cc2Cl)CC1. The number of nitrogens with zero attached hydrogens (tertiary/aromatic N) is 5. The number of benzene rings is 1. The van der Waals surface area contributed by atoms with Crippen molar-refractivity contribution in [3.05, 3.63) is 33.7 Å². The summed E-state index contributed by atoms with van der Waals surface area (Å²) in [6.45, 7) is 4.96. The van der Waals surface area contributed by atoms with Gasteiger partial charge in [-0.25, -0.2) is 0 Å². The molecular weight excluding hydrogens is 290 g/mol. The summed E-state index contributed by atoms with van der Waals surface area (Å²) in [6.07, 6.45) is 1.49. The second kappa shape index (κ2) is 7.20. The minimum absolute atomic E-state index is 0.224. The zero-order valence-corrected chi connectivity index (χ0v) is 12.8. The van der Waals surface area contributed by atoms with Gasteiger partial charge in [-0.2, -0.15) is 0 Å². The average Bonchev–Trinajstić information content (AvgIpc) is 2.48. The first-order valence-corrected chi connectivity index (χ1v) is 7.41. The van der Waals surface area contributed by atoms with Gasteiger partial charge in [-0.15, -0.1) is 0 Å². The van der Waals surface area contributed by atoms with Crippen molar-refractivity contribution in [2.75, 3.05) is 31.1 Å². The molecule has 21 heavy (non-hydrogen) atoms. The Labute approximate surface area is 128 Å². The van der Waals surface area contributed by atoms with E-state index in [1.807, 2.05) is 17.9 Å². The van der Waals surface area contributed by atoms with E-state index < -0.39 is 0 Å². The molecule has 1 amide bonds. The molecule has 0 spiro atoms. The second-order valence-corrected chi connectivity index (χ2v) is 5.35. The van der Waals surface area contributed by atoms with Crippen LogP contribution in [0, 0.1) is 0 Å². The van der Waals surface area contributed by atoms with Crippen molar-refractivity contribution in [3.8, 4) is 0 Å². The fraction of sp³-hybridized carbons (Fsp3) is 0.500. The van der Waals surface area contributed by atoms with Gasteiger partial charge in [0.1, 0.15) is 0 Å². The number of amides is 1. The van der Waals surface area contributed by atoms with Crippen LogP contribution in [0.1, 0.15) is 19.8 Å². The lowest BCUT2D eigenvalue weighted by atomic mass is 10.2. The zero-order chi connectivity index (χ0) is 15.2. The molecule has 0 radical (unpaired) electrons. The molecule has 1 aromatic rings. The molecule has 1 fully saturated rings.